The van der Waals surface area contributed by atoms with E-state index >= 15 is 0 Å². The van der Waals surface area contributed by atoms with Crippen molar-refractivity contribution in [1.82, 2.24) is 19.7 Å². The van der Waals surface area contributed by atoms with Crippen molar-refractivity contribution in [2.24, 2.45) is 0 Å². The summed E-state index contributed by atoms with van der Waals surface area (Å²) in [6, 6.07) is 10.3. The minimum atomic E-state index is -4.36. The number of piperazine rings is 1. The number of nitrogens with zero attached hydrogens (tertiary/aromatic N) is 3. The Morgan fingerprint density at radius 1 is 0.921 bits per heavy atom. The van der Waals surface area contributed by atoms with E-state index in [9.17, 15) is 27.6 Å². The van der Waals surface area contributed by atoms with Gasteiger partial charge in [-0.3, -0.25) is 19.5 Å². The van der Waals surface area contributed by atoms with Crippen LogP contribution >= 0.6 is 0 Å². The fourth-order valence-electron chi connectivity index (χ4n) is 5.30. The van der Waals surface area contributed by atoms with Gasteiger partial charge in [0.15, 0.2) is 5.58 Å². The van der Waals surface area contributed by atoms with E-state index in [2.05, 4.69) is 9.88 Å². The van der Waals surface area contributed by atoms with Gasteiger partial charge in [-0.1, -0.05) is 12.1 Å². The molecule has 2 amide bonds. The van der Waals surface area contributed by atoms with Gasteiger partial charge in [0.05, 0.1) is 11.1 Å². The van der Waals surface area contributed by atoms with Crippen molar-refractivity contribution in [3.8, 4) is 0 Å². The molecule has 2 saturated heterocycles. The Hall–Kier alpha value is -3.60. The van der Waals surface area contributed by atoms with Gasteiger partial charge in [-0.05, 0) is 55.2 Å². The lowest BCUT2D eigenvalue weighted by Crippen LogP contribution is -2.54. The average molecular weight is 531 g/mol. The Kier molecular flexibility index (Phi) is 7.29. The van der Waals surface area contributed by atoms with Gasteiger partial charge in [0.25, 0.3) is 5.91 Å². The number of carbonyl (C=O) groups is 2. The quantitative estimate of drug-likeness (QED) is 0.545. The molecule has 0 saturated carbocycles. The number of hydrogen-bond acceptors (Lipinski definition) is 5. The van der Waals surface area contributed by atoms with Crippen molar-refractivity contribution in [3.63, 3.8) is 0 Å². The molecule has 38 heavy (non-hydrogen) atoms. The maximum Gasteiger partial charge on any atom is 0.417 e. The highest BCUT2D eigenvalue weighted by atomic mass is 19.4. The summed E-state index contributed by atoms with van der Waals surface area (Å²) in [5, 5.41) is 0. The van der Waals surface area contributed by atoms with Crippen LogP contribution in [0.25, 0.3) is 11.1 Å². The number of likely N-dealkylation sites (tertiary alicyclic amines) is 1. The molecule has 2 aromatic carbocycles. The number of H-pyrrole nitrogens is 1. The molecule has 3 heterocycles. The van der Waals surface area contributed by atoms with E-state index in [-0.39, 0.29) is 18.2 Å². The van der Waals surface area contributed by atoms with Gasteiger partial charge in [-0.25, -0.2) is 4.79 Å². The van der Waals surface area contributed by atoms with Crippen molar-refractivity contribution >= 4 is 22.9 Å². The average Bonchev–Trinajstić information content (AvgIpc) is 3.30. The van der Waals surface area contributed by atoms with E-state index in [4.69, 9.17) is 4.42 Å². The number of fused-ring (bicyclic) bond motifs is 1. The molecule has 2 aliphatic rings. The predicted octanol–water partition coefficient (Wildman–Crippen LogP) is 3.52. The fraction of sp³-hybridized carbons (Fsp3) is 0.444. The first-order valence-corrected chi connectivity index (χ1v) is 12.8. The number of alkyl halides is 3. The molecule has 2 fully saturated rings. The lowest BCUT2D eigenvalue weighted by atomic mass is 10.0. The van der Waals surface area contributed by atoms with Crippen LogP contribution in [0.3, 0.4) is 0 Å². The van der Waals surface area contributed by atoms with Gasteiger partial charge in [0.1, 0.15) is 0 Å². The van der Waals surface area contributed by atoms with Crippen LogP contribution in [0.5, 0.6) is 0 Å². The third-order valence-corrected chi connectivity index (χ3v) is 7.51. The summed E-state index contributed by atoms with van der Waals surface area (Å²) in [5.74, 6) is -0.622. The third-order valence-electron chi connectivity index (χ3n) is 7.51. The molecule has 1 N–H and O–H groups in total. The SMILES string of the molecule is O=C(CCc1ccc(C(F)(F)F)cc1)N1CCC(N2CCN(C(=O)c3ccc4[nH]c(=O)oc4c3)CC2)CC1. The summed E-state index contributed by atoms with van der Waals surface area (Å²) in [6.07, 6.45) is -1.98. The smallest absolute Gasteiger partial charge is 0.408 e. The topological polar surface area (TPSA) is 89.9 Å². The van der Waals surface area contributed by atoms with Crippen LogP contribution in [-0.4, -0.2) is 76.8 Å². The van der Waals surface area contributed by atoms with Crippen molar-refractivity contribution in [2.75, 3.05) is 39.3 Å². The summed E-state index contributed by atoms with van der Waals surface area (Å²) in [6.45, 7) is 4.00. The second kappa shape index (κ2) is 10.6. The zero-order valence-electron chi connectivity index (χ0n) is 20.8. The lowest BCUT2D eigenvalue weighted by molar-refractivity contribution is -0.137. The number of oxazole rings is 1. The Labute approximate surface area is 217 Å². The summed E-state index contributed by atoms with van der Waals surface area (Å²) < 4.78 is 43.2. The fourth-order valence-corrected chi connectivity index (χ4v) is 5.30. The summed E-state index contributed by atoms with van der Waals surface area (Å²) >= 11 is 0. The van der Waals surface area contributed by atoms with E-state index in [0.717, 1.165) is 38.1 Å². The van der Waals surface area contributed by atoms with Gasteiger partial charge < -0.3 is 14.2 Å². The third kappa shape index (κ3) is 5.77. The summed E-state index contributed by atoms with van der Waals surface area (Å²) in [7, 11) is 0. The van der Waals surface area contributed by atoms with Crippen molar-refractivity contribution in [2.45, 2.75) is 37.9 Å². The van der Waals surface area contributed by atoms with Crippen LogP contribution in [0.15, 0.2) is 51.7 Å². The van der Waals surface area contributed by atoms with E-state index in [1.807, 2.05) is 9.80 Å². The minimum absolute atomic E-state index is 0.0222. The maximum absolute atomic E-state index is 13.0. The van der Waals surface area contributed by atoms with Gasteiger partial charge in [0.2, 0.25) is 5.91 Å². The number of rotatable bonds is 5. The number of hydrogen-bond donors (Lipinski definition) is 1. The largest absolute Gasteiger partial charge is 0.417 e. The number of nitrogens with one attached hydrogen (secondary N) is 1. The first kappa shape index (κ1) is 26.0. The first-order chi connectivity index (χ1) is 18.2. The van der Waals surface area contributed by atoms with Crippen LogP contribution < -0.4 is 5.76 Å². The van der Waals surface area contributed by atoms with Crippen molar-refractivity contribution < 1.29 is 27.2 Å². The predicted molar refractivity (Wildman–Crippen MR) is 134 cm³/mol. The van der Waals surface area contributed by atoms with Crippen LogP contribution in [0.1, 0.15) is 40.7 Å². The van der Waals surface area contributed by atoms with Crippen molar-refractivity contribution in [1.29, 1.82) is 0 Å². The van der Waals surface area contributed by atoms with Crippen LogP contribution in [0.2, 0.25) is 0 Å². The highest BCUT2D eigenvalue weighted by Crippen LogP contribution is 2.29. The Bertz CT molecular complexity index is 1350. The molecule has 3 aromatic rings. The standard InChI is InChI=1S/C27H29F3N4O4/c28-27(29,30)20-5-1-18(2-6-20)3-8-24(35)33-11-9-21(10-12-33)32-13-15-34(16-14-32)25(36)19-4-7-22-23(17-19)38-26(37)31-22/h1-2,4-7,17,21H,3,8-16H2,(H,31,37). The molecule has 11 heteroatoms. The molecule has 202 valence electrons. The van der Waals surface area contributed by atoms with Crippen LogP contribution in [0, 0.1) is 0 Å². The lowest BCUT2D eigenvalue weighted by Gasteiger charge is -2.42. The molecular formula is C27H29F3N4O4. The summed E-state index contributed by atoms with van der Waals surface area (Å²) in [5.41, 5.74) is 1.43. The first-order valence-electron chi connectivity index (χ1n) is 12.8. The molecule has 0 aliphatic carbocycles. The Morgan fingerprint density at radius 2 is 1.61 bits per heavy atom. The van der Waals surface area contributed by atoms with Crippen LogP contribution in [0.4, 0.5) is 13.2 Å². The van der Waals surface area contributed by atoms with Crippen molar-refractivity contribution in [3.05, 3.63) is 69.7 Å². The van der Waals surface area contributed by atoms with E-state index in [1.54, 1.807) is 18.2 Å². The molecule has 1 aromatic heterocycles. The van der Waals surface area contributed by atoms with E-state index in [1.165, 1.54) is 12.1 Å². The number of carbonyl (C=O) groups excluding carboxylic acids is 2. The number of aromatic amines is 1. The second-order valence-electron chi connectivity index (χ2n) is 9.86. The molecular weight excluding hydrogens is 501 g/mol. The van der Waals surface area contributed by atoms with Gasteiger partial charge in [-0.15, -0.1) is 0 Å². The summed E-state index contributed by atoms with van der Waals surface area (Å²) in [4.78, 5) is 45.6. The van der Waals surface area contributed by atoms with Gasteiger partial charge in [-0.2, -0.15) is 13.2 Å². The van der Waals surface area contributed by atoms with Gasteiger partial charge >= 0.3 is 11.9 Å². The molecule has 0 atom stereocenters. The zero-order chi connectivity index (χ0) is 26.9. The maximum atomic E-state index is 13.0. The number of halogens is 3. The molecule has 8 nitrogen and oxygen atoms in total. The highest BCUT2D eigenvalue weighted by Gasteiger charge is 2.31. The minimum Gasteiger partial charge on any atom is -0.408 e. The molecule has 2 aliphatic heterocycles. The Balaban J connectivity index is 1.06. The second-order valence-corrected chi connectivity index (χ2v) is 9.86. The number of aromatic nitrogens is 1. The van der Waals surface area contributed by atoms with Crippen LogP contribution in [-0.2, 0) is 17.4 Å². The van der Waals surface area contributed by atoms with E-state index < -0.39 is 17.5 Å². The number of benzene rings is 2. The molecule has 0 unspecified atom stereocenters. The number of amides is 2. The Morgan fingerprint density at radius 3 is 2.26 bits per heavy atom. The van der Waals surface area contributed by atoms with E-state index in [0.29, 0.717) is 60.9 Å². The van der Waals surface area contributed by atoms with Gasteiger partial charge in [0, 0.05) is 57.3 Å². The molecule has 0 spiro atoms. The normalized spacial score (nSPS) is 17.8. The molecule has 0 bridgehead atoms. The highest BCUT2D eigenvalue weighted by molar-refractivity contribution is 5.97. The molecule has 0 radical (unpaired) electrons. The zero-order valence-corrected chi connectivity index (χ0v) is 20.8. The number of piperidine rings is 1. The monoisotopic (exact) mass is 530 g/mol. The molecule has 5 rings (SSSR count). The number of aryl methyl sites for hydroxylation is 1.